The fraction of sp³-hybridized carbons (Fsp3) is 0.500. The Morgan fingerprint density at radius 3 is 2.71 bits per heavy atom. The molecule has 0 fully saturated rings. The van der Waals surface area contributed by atoms with E-state index in [0.717, 1.165) is 12.8 Å². The van der Waals surface area contributed by atoms with Gasteiger partial charge in [-0.1, -0.05) is 19.9 Å². The van der Waals surface area contributed by atoms with Gasteiger partial charge in [-0.25, -0.2) is 4.39 Å². The Kier molecular flexibility index (Phi) is 5.13. The standard InChI is InChI=1S/C14H19FO2/c1-10(2)6-5-9-17-14-12(11(3)16)7-4-8-13(14)15/h4,7-8,10H,5-6,9H2,1-3H3. The Bertz CT molecular complexity index is 386. The summed E-state index contributed by atoms with van der Waals surface area (Å²) in [4.78, 5) is 11.3. The molecule has 0 N–H and O–H groups in total. The molecule has 2 nitrogen and oxygen atoms in total. The fourth-order valence-corrected chi connectivity index (χ4v) is 1.60. The number of hydrogen-bond donors (Lipinski definition) is 0. The lowest BCUT2D eigenvalue weighted by Gasteiger charge is -2.11. The third-order valence-corrected chi connectivity index (χ3v) is 2.52. The molecule has 0 saturated carbocycles. The van der Waals surface area contributed by atoms with E-state index in [9.17, 15) is 9.18 Å². The number of benzene rings is 1. The van der Waals surface area contributed by atoms with Crippen molar-refractivity contribution in [3.63, 3.8) is 0 Å². The Labute approximate surface area is 102 Å². The van der Waals surface area contributed by atoms with E-state index in [4.69, 9.17) is 4.74 Å². The van der Waals surface area contributed by atoms with Crippen LogP contribution in [0.2, 0.25) is 0 Å². The summed E-state index contributed by atoms with van der Waals surface area (Å²) in [5.74, 6) is 0.0425. The number of halogens is 1. The van der Waals surface area contributed by atoms with E-state index in [1.807, 2.05) is 0 Å². The SMILES string of the molecule is CC(=O)c1cccc(F)c1OCCCC(C)C. The van der Waals surface area contributed by atoms with Crippen LogP contribution >= 0.6 is 0 Å². The highest BCUT2D eigenvalue weighted by molar-refractivity contribution is 5.96. The van der Waals surface area contributed by atoms with E-state index in [1.165, 1.54) is 19.1 Å². The zero-order valence-corrected chi connectivity index (χ0v) is 10.6. The maximum atomic E-state index is 13.5. The minimum absolute atomic E-state index is 0.0868. The van der Waals surface area contributed by atoms with Gasteiger partial charge in [-0.3, -0.25) is 4.79 Å². The van der Waals surface area contributed by atoms with Crippen molar-refractivity contribution >= 4 is 5.78 Å². The zero-order chi connectivity index (χ0) is 12.8. The summed E-state index contributed by atoms with van der Waals surface area (Å²) in [6.07, 6.45) is 1.90. The topological polar surface area (TPSA) is 26.3 Å². The van der Waals surface area contributed by atoms with Crippen LogP contribution in [-0.4, -0.2) is 12.4 Å². The molecule has 0 bridgehead atoms. The minimum atomic E-state index is -0.470. The first-order chi connectivity index (χ1) is 8.02. The number of carbonyl (C=O) groups excluding carboxylic acids is 1. The molecule has 0 amide bonds. The summed E-state index contributed by atoms with van der Waals surface area (Å²) in [5, 5.41) is 0. The number of ketones is 1. The van der Waals surface area contributed by atoms with E-state index in [-0.39, 0.29) is 11.5 Å². The third kappa shape index (κ3) is 4.17. The Morgan fingerprint density at radius 2 is 2.12 bits per heavy atom. The summed E-state index contributed by atoms with van der Waals surface area (Å²) < 4.78 is 18.9. The van der Waals surface area contributed by atoms with Crippen LogP contribution in [0.1, 0.15) is 44.0 Å². The predicted octanol–water partition coefficient (Wildman–Crippen LogP) is 3.84. The number of carbonyl (C=O) groups is 1. The van der Waals surface area contributed by atoms with Crippen molar-refractivity contribution in [2.24, 2.45) is 5.92 Å². The van der Waals surface area contributed by atoms with Gasteiger partial charge in [0.2, 0.25) is 0 Å². The van der Waals surface area contributed by atoms with Gasteiger partial charge in [0.1, 0.15) is 0 Å². The van der Waals surface area contributed by atoms with E-state index in [0.29, 0.717) is 18.1 Å². The molecular formula is C14H19FO2. The van der Waals surface area contributed by atoms with Gasteiger partial charge >= 0.3 is 0 Å². The molecule has 1 aromatic carbocycles. The van der Waals surface area contributed by atoms with Gasteiger partial charge < -0.3 is 4.74 Å². The van der Waals surface area contributed by atoms with E-state index in [1.54, 1.807) is 6.07 Å². The fourth-order valence-electron chi connectivity index (χ4n) is 1.60. The van der Waals surface area contributed by atoms with Gasteiger partial charge in [0.25, 0.3) is 0 Å². The van der Waals surface area contributed by atoms with Crippen molar-refractivity contribution in [1.82, 2.24) is 0 Å². The molecule has 1 aromatic rings. The Balaban J connectivity index is 2.66. The highest BCUT2D eigenvalue weighted by Crippen LogP contribution is 2.23. The molecule has 0 unspecified atom stereocenters. The van der Waals surface area contributed by atoms with Crippen LogP contribution in [0.15, 0.2) is 18.2 Å². The van der Waals surface area contributed by atoms with Gasteiger partial charge in [-0.05, 0) is 37.8 Å². The molecule has 0 spiro atoms. The highest BCUT2D eigenvalue weighted by atomic mass is 19.1. The van der Waals surface area contributed by atoms with E-state index >= 15 is 0 Å². The second kappa shape index (κ2) is 6.38. The molecule has 0 atom stereocenters. The molecule has 0 aliphatic heterocycles. The maximum absolute atomic E-state index is 13.5. The first kappa shape index (κ1) is 13.7. The molecule has 0 aliphatic rings. The van der Waals surface area contributed by atoms with Gasteiger partial charge in [-0.2, -0.15) is 0 Å². The van der Waals surface area contributed by atoms with Crippen molar-refractivity contribution in [1.29, 1.82) is 0 Å². The quantitative estimate of drug-likeness (QED) is 0.556. The van der Waals surface area contributed by atoms with Gasteiger partial charge in [0, 0.05) is 0 Å². The van der Waals surface area contributed by atoms with Crippen LogP contribution in [0.25, 0.3) is 0 Å². The largest absolute Gasteiger partial charge is 0.490 e. The van der Waals surface area contributed by atoms with E-state index < -0.39 is 5.82 Å². The summed E-state index contributed by atoms with van der Waals surface area (Å²) >= 11 is 0. The third-order valence-electron chi connectivity index (χ3n) is 2.52. The normalized spacial score (nSPS) is 10.6. The summed E-state index contributed by atoms with van der Waals surface area (Å²) in [5.41, 5.74) is 0.314. The predicted molar refractivity (Wildman–Crippen MR) is 66.0 cm³/mol. The number of para-hydroxylation sites is 1. The van der Waals surface area contributed by atoms with Crippen molar-refractivity contribution in [2.75, 3.05) is 6.61 Å². The molecule has 17 heavy (non-hydrogen) atoms. The molecule has 0 heterocycles. The molecular weight excluding hydrogens is 219 g/mol. The molecule has 94 valence electrons. The lowest BCUT2D eigenvalue weighted by atomic mass is 10.1. The average molecular weight is 238 g/mol. The van der Waals surface area contributed by atoms with Crippen LogP contribution in [-0.2, 0) is 0 Å². The molecule has 0 aromatic heterocycles. The minimum Gasteiger partial charge on any atom is -0.490 e. The van der Waals surface area contributed by atoms with Crippen LogP contribution in [0.3, 0.4) is 0 Å². The van der Waals surface area contributed by atoms with Crippen LogP contribution < -0.4 is 4.74 Å². The van der Waals surface area contributed by atoms with Crippen LogP contribution in [0, 0.1) is 11.7 Å². The van der Waals surface area contributed by atoms with Crippen LogP contribution in [0.4, 0.5) is 4.39 Å². The summed E-state index contributed by atoms with van der Waals surface area (Å²) in [7, 11) is 0. The number of Topliss-reactive ketones (excluding diaryl/α,β-unsaturated/α-hetero) is 1. The first-order valence-electron chi connectivity index (χ1n) is 5.94. The maximum Gasteiger partial charge on any atom is 0.165 e. The van der Waals surface area contributed by atoms with Crippen molar-refractivity contribution in [3.8, 4) is 5.75 Å². The van der Waals surface area contributed by atoms with Crippen LogP contribution in [0.5, 0.6) is 5.75 Å². The van der Waals surface area contributed by atoms with Crippen molar-refractivity contribution in [3.05, 3.63) is 29.6 Å². The van der Waals surface area contributed by atoms with Gasteiger partial charge in [0.15, 0.2) is 17.3 Å². The lowest BCUT2D eigenvalue weighted by Crippen LogP contribution is -2.05. The molecule has 3 heteroatoms. The second-order valence-corrected chi connectivity index (χ2v) is 4.56. The molecule has 0 radical (unpaired) electrons. The van der Waals surface area contributed by atoms with Crippen molar-refractivity contribution in [2.45, 2.75) is 33.6 Å². The zero-order valence-electron chi connectivity index (χ0n) is 10.6. The van der Waals surface area contributed by atoms with Gasteiger partial charge in [-0.15, -0.1) is 0 Å². The summed E-state index contributed by atoms with van der Waals surface area (Å²) in [6.45, 7) is 6.11. The second-order valence-electron chi connectivity index (χ2n) is 4.56. The smallest absolute Gasteiger partial charge is 0.165 e. The Hall–Kier alpha value is -1.38. The number of hydrogen-bond acceptors (Lipinski definition) is 2. The lowest BCUT2D eigenvalue weighted by molar-refractivity contribution is 0.101. The first-order valence-corrected chi connectivity index (χ1v) is 5.94. The Morgan fingerprint density at radius 1 is 1.41 bits per heavy atom. The van der Waals surface area contributed by atoms with E-state index in [2.05, 4.69) is 13.8 Å². The molecule has 1 rings (SSSR count). The van der Waals surface area contributed by atoms with Crippen molar-refractivity contribution < 1.29 is 13.9 Å². The highest BCUT2D eigenvalue weighted by Gasteiger charge is 2.13. The average Bonchev–Trinajstić information content (AvgIpc) is 2.25. The monoisotopic (exact) mass is 238 g/mol. The summed E-state index contributed by atoms with van der Waals surface area (Å²) in [6, 6.07) is 4.42. The molecule has 0 saturated heterocycles. The number of ether oxygens (including phenoxy) is 1. The molecule has 0 aliphatic carbocycles. The number of rotatable bonds is 6. The van der Waals surface area contributed by atoms with Gasteiger partial charge in [0.05, 0.1) is 12.2 Å².